The Morgan fingerprint density at radius 3 is 2.82 bits per heavy atom. The highest BCUT2D eigenvalue weighted by Crippen LogP contribution is 2.45. The van der Waals surface area contributed by atoms with E-state index in [9.17, 15) is 0 Å². The van der Waals surface area contributed by atoms with Crippen LogP contribution in [0, 0.1) is 0 Å². The van der Waals surface area contributed by atoms with Crippen molar-refractivity contribution in [1.29, 1.82) is 0 Å². The number of hydrogen-bond acceptors (Lipinski definition) is 4. The van der Waals surface area contributed by atoms with Gasteiger partial charge in [0.05, 0.1) is 0 Å². The van der Waals surface area contributed by atoms with Crippen molar-refractivity contribution in [3.05, 3.63) is 24.0 Å². The summed E-state index contributed by atoms with van der Waals surface area (Å²) < 4.78 is 2.37. The molecule has 2 aliphatic rings. The normalized spacial score (nSPS) is 24.8. The molecule has 92 valence electrons. The number of likely N-dealkylation sites (N-methyl/N-ethyl adjacent to an activating group) is 1. The molecule has 0 bridgehead atoms. The number of likely N-dealkylation sites (tertiary alicyclic amines) is 1. The van der Waals surface area contributed by atoms with Crippen molar-refractivity contribution in [3.8, 4) is 0 Å². The van der Waals surface area contributed by atoms with E-state index in [0.29, 0.717) is 5.41 Å². The molecule has 3 heterocycles. The molecule has 0 saturated carbocycles. The zero-order valence-electron chi connectivity index (χ0n) is 10.5. The fourth-order valence-electron chi connectivity index (χ4n) is 3.08. The lowest BCUT2D eigenvalue weighted by atomic mass is 9.73. The summed E-state index contributed by atoms with van der Waals surface area (Å²) in [5.74, 6) is 0. The Morgan fingerprint density at radius 1 is 1.29 bits per heavy atom. The summed E-state index contributed by atoms with van der Waals surface area (Å²) in [6, 6.07) is 2.24. The molecule has 1 saturated heterocycles. The number of piperidine rings is 1. The summed E-state index contributed by atoms with van der Waals surface area (Å²) in [6.07, 6.45) is 6.51. The number of aromatic nitrogens is 1. The number of pyridine rings is 1. The lowest BCUT2D eigenvalue weighted by Crippen LogP contribution is -2.48. The molecular formula is C13H19N3S. The molecule has 1 aromatic heterocycles. The molecule has 0 amide bonds. The van der Waals surface area contributed by atoms with Crippen LogP contribution in [-0.4, -0.2) is 47.9 Å². The Balaban J connectivity index is 2.00. The van der Waals surface area contributed by atoms with Crippen LogP contribution in [0.4, 0.5) is 0 Å². The maximum absolute atomic E-state index is 4.27. The number of rotatable bonds is 0. The predicted molar refractivity (Wildman–Crippen MR) is 71.1 cm³/mol. The van der Waals surface area contributed by atoms with Gasteiger partial charge in [-0.2, -0.15) is 0 Å². The van der Waals surface area contributed by atoms with E-state index in [2.05, 4.69) is 34.4 Å². The maximum Gasteiger partial charge on any atom is 0.0451 e. The Morgan fingerprint density at radius 2 is 2.06 bits per heavy atom. The Bertz CT molecular complexity index is 413. The van der Waals surface area contributed by atoms with Crippen molar-refractivity contribution in [1.82, 2.24) is 14.2 Å². The van der Waals surface area contributed by atoms with Crippen molar-refractivity contribution >= 4 is 11.9 Å². The molecule has 17 heavy (non-hydrogen) atoms. The number of nitrogens with zero attached hydrogens (tertiary/aromatic N) is 3. The Labute approximate surface area is 107 Å². The van der Waals surface area contributed by atoms with Crippen molar-refractivity contribution < 1.29 is 0 Å². The molecule has 0 radical (unpaired) electrons. The highest BCUT2D eigenvalue weighted by atomic mass is 32.2. The van der Waals surface area contributed by atoms with Crippen molar-refractivity contribution in [2.24, 2.45) is 0 Å². The van der Waals surface area contributed by atoms with E-state index < -0.39 is 0 Å². The second kappa shape index (κ2) is 4.26. The molecule has 3 nitrogen and oxygen atoms in total. The third kappa shape index (κ3) is 1.98. The van der Waals surface area contributed by atoms with Crippen molar-refractivity contribution in [2.75, 3.05) is 33.7 Å². The average Bonchev–Trinajstić information content (AvgIpc) is 2.33. The summed E-state index contributed by atoms with van der Waals surface area (Å²) in [5.41, 5.74) is 1.90. The molecule has 3 rings (SSSR count). The van der Waals surface area contributed by atoms with E-state index in [1.807, 2.05) is 24.3 Å². The van der Waals surface area contributed by atoms with E-state index in [1.54, 1.807) is 0 Å². The van der Waals surface area contributed by atoms with Gasteiger partial charge in [-0.1, -0.05) is 0 Å². The van der Waals surface area contributed by atoms with Crippen LogP contribution >= 0.6 is 11.9 Å². The minimum atomic E-state index is 0.366. The standard InChI is InChI=1S/C13H19N3S/c1-15-7-4-13(5-8-15)10-16(2)17-12-9-14-6-3-11(12)13/h3,6,9H,4-5,7-8,10H2,1-2H3. The molecule has 4 heteroatoms. The minimum Gasteiger partial charge on any atom is -0.306 e. The van der Waals surface area contributed by atoms with Gasteiger partial charge in [-0.05, 0) is 63.6 Å². The van der Waals surface area contributed by atoms with E-state index in [0.717, 1.165) is 0 Å². The molecule has 0 N–H and O–H groups in total. The van der Waals surface area contributed by atoms with Gasteiger partial charge in [0.15, 0.2) is 0 Å². The average molecular weight is 249 g/mol. The van der Waals surface area contributed by atoms with Crippen molar-refractivity contribution in [2.45, 2.75) is 23.2 Å². The third-order valence-corrected chi connectivity index (χ3v) is 5.04. The monoisotopic (exact) mass is 249 g/mol. The molecule has 0 aromatic carbocycles. The summed E-state index contributed by atoms with van der Waals surface area (Å²) in [6.45, 7) is 3.59. The van der Waals surface area contributed by atoms with Crippen LogP contribution in [0.2, 0.25) is 0 Å². The quantitative estimate of drug-likeness (QED) is 0.655. The molecule has 1 aromatic rings. The van der Waals surface area contributed by atoms with Gasteiger partial charge in [-0.25, -0.2) is 4.31 Å². The zero-order valence-corrected chi connectivity index (χ0v) is 11.3. The highest BCUT2D eigenvalue weighted by Gasteiger charge is 2.41. The zero-order chi connectivity index (χ0) is 11.9. The molecule has 0 atom stereocenters. The molecule has 2 aliphatic heterocycles. The van der Waals surface area contributed by atoms with Crippen LogP contribution in [-0.2, 0) is 5.41 Å². The van der Waals surface area contributed by atoms with Crippen LogP contribution in [0.15, 0.2) is 23.4 Å². The summed E-state index contributed by atoms with van der Waals surface area (Å²) >= 11 is 1.84. The third-order valence-electron chi connectivity index (χ3n) is 4.08. The first kappa shape index (κ1) is 11.5. The topological polar surface area (TPSA) is 19.4 Å². The van der Waals surface area contributed by atoms with E-state index in [-0.39, 0.29) is 0 Å². The molecule has 0 unspecified atom stereocenters. The highest BCUT2D eigenvalue weighted by molar-refractivity contribution is 7.97. The van der Waals surface area contributed by atoms with Gasteiger partial charge in [0, 0.05) is 29.2 Å². The van der Waals surface area contributed by atoms with Crippen LogP contribution < -0.4 is 0 Å². The predicted octanol–water partition coefficient (Wildman–Crippen LogP) is 2.00. The summed E-state index contributed by atoms with van der Waals surface area (Å²) in [4.78, 5) is 8.06. The summed E-state index contributed by atoms with van der Waals surface area (Å²) in [5, 5.41) is 0. The number of hydrogen-bond donors (Lipinski definition) is 0. The smallest absolute Gasteiger partial charge is 0.0451 e. The van der Waals surface area contributed by atoms with E-state index in [4.69, 9.17) is 0 Å². The fourth-order valence-corrected chi connectivity index (χ4v) is 4.21. The first-order valence-corrected chi connectivity index (χ1v) is 6.99. The summed E-state index contributed by atoms with van der Waals surface area (Å²) in [7, 11) is 4.42. The van der Waals surface area contributed by atoms with Crippen molar-refractivity contribution in [3.63, 3.8) is 0 Å². The van der Waals surface area contributed by atoms with Gasteiger partial charge in [-0.3, -0.25) is 4.98 Å². The largest absolute Gasteiger partial charge is 0.306 e. The second-order valence-electron chi connectivity index (χ2n) is 5.33. The maximum atomic E-state index is 4.27. The van der Waals surface area contributed by atoms with Gasteiger partial charge in [0.1, 0.15) is 0 Å². The first-order chi connectivity index (χ1) is 8.20. The molecule has 1 spiro atoms. The lowest BCUT2D eigenvalue weighted by Gasteiger charge is -2.46. The van der Waals surface area contributed by atoms with Crippen LogP contribution in [0.3, 0.4) is 0 Å². The van der Waals surface area contributed by atoms with Gasteiger partial charge in [-0.15, -0.1) is 0 Å². The van der Waals surface area contributed by atoms with Gasteiger partial charge >= 0.3 is 0 Å². The van der Waals surface area contributed by atoms with E-state index in [1.165, 1.54) is 42.9 Å². The van der Waals surface area contributed by atoms with Crippen LogP contribution in [0.1, 0.15) is 18.4 Å². The fraction of sp³-hybridized carbons (Fsp3) is 0.615. The Hall–Kier alpha value is -0.580. The van der Waals surface area contributed by atoms with Crippen LogP contribution in [0.5, 0.6) is 0 Å². The molecular weight excluding hydrogens is 230 g/mol. The van der Waals surface area contributed by atoms with Gasteiger partial charge < -0.3 is 4.90 Å². The van der Waals surface area contributed by atoms with Gasteiger partial charge in [0.25, 0.3) is 0 Å². The SMILES string of the molecule is CN1CCC2(CC1)CN(C)Sc1cnccc12. The lowest BCUT2D eigenvalue weighted by molar-refractivity contribution is 0.165. The van der Waals surface area contributed by atoms with E-state index >= 15 is 0 Å². The minimum absolute atomic E-state index is 0.366. The van der Waals surface area contributed by atoms with Crippen LogP contribution in [0.25, 0.3) is 0 Å². The molecule has 1 fully saturated rings. The first-order valence-electron chi connectivity index (χ1n) is 6.22. The molecule has 0 aliphatic carbocycles. The second-order valence-corrected chi connectivity index (χ2v) is 6.58. The number of fused-ring (bicyclic) bond motifs is 2. The Kier molecular flexibility index (Phi) is 2.89. The van der Waals surface area contributed by atoms with Gasteiger partial charge in [0.2, 0.25) is 0 Å².